The predicted molar refractivity (Wildman–Crippen MR) is 111 cm³/mol. The van der Waals surface area contributed by atoms with E-state index in [1.54, 1.807) is 7.11 Å². The number of nitrogens with zero attached hydrogens (tertiary/aromatic N) is 2. The number of nitrogens with two attached hydrogens (primary N) is 1. The number of hydrogen-bond donors (Lipinski definition) is 2. The topological polar surface area (TPSA) is 97.5 Å². The van der Waals surface area contributed by atoms with Gasteiger partial charge in [-0.15, -0.1) is 11.3 Å². The molecule has 2 heterocycles. The first-order valence-electron chi connectivity index (χ1n) is 9.30. The molecule has 1 aliphatic rings. The van der Waals surface area contributed by atoms with E-state index < -0.39 is 0 Å². The van der Waals surface area contributed by atoms with Crippen molar-refractivity contribution < 1.29 is 14.3 Å². The molecule has 0 aliphatic carbocycles. The summed E-state index contributed by atoms with van der Waals surface area (Å²) in [6.07, 6.45) is 1.68. The van der Waals surface area contributed by atoms with Crippen LogP contribution in [-0.4, -0.2) is 48.4 Å². The van der Waals surface area contributed by atoms with Crippen LogP contribution in [0.2, 0.25) is 0 Å². The molecule has 0 radical (unpaired) electrons. The molecule has 3 rings (SSSR count). The number of carbonyl (C=O) groups is 2. The molecule has 1 aromatic heterocycles. The van der Waals surface area contributed by atoms with Crippen LogP contribution in [0.25, 0.3) is 11.3 Å². The summed E-state index contributed by atoms with van der Waals surface area (Å²) in [7, 11) is 1.66. The Hall–Kier alpha value is -2.45. The van der Waals surface area contributed by atoms with E-state index in [1.165, 1.54) is 11.3 Å². The number of methoxy groups -OCH3 is 1. The van der Waals surface area contributed by atoms with Gasteiger partial charge in [-0.3, -0.25) is 14.5 Å². The van der Waals surface area contributed by atoms with E-state index in [1.807, 2.05) is 30.2 Å². The molecule has 150 valence electrons. The number of aromatic nitrogens is 1. The van der Waals surface area contributed by atoms with E-state index in [4.69, 9.17) is 10.5 Å². The summed E-state index contributed by atoms with van der Waals surface area (Å²) in [5.74, 6) is 0.265. The summed E-state index contributed by atoms with van der Waals surface area (Å²) in [6.45, 7) is 5.55. The number of carbonyl (C=O) groups excluding carboxylic acids is 2. The molecular formula is C20H26N4O3S. The number of anilines is 1. The maximum atomic E-state index is 12.6. The average molecular weight is 403 g/mol. The van der Waals surface area contributed by atoms with Gasteiger partial charge in [-0.05, 0) is 56.5 Å². The average Bonchev–Trinajstić information content (AvgIpc) is 3.11. The molecule has 0 saturated carbocycles. The number of hydrogen-bond acceptors (Lipinski definition) is 6. The number of thiazole rings is 1. The number of ether oxygens (including phenoxy) is 1. The Morgan fingerprint density at radius 2 is 2.14 bits per heavy atom. The highest BCUT2D eigenvalue weighted by molar-refractivity contribution is 7.14. The van der Waals surface area contributed by atoms with Gasteiger partial charge < -0.3 is 15.8 Å². The standard InChI is InChI=1S/C20H26N4O3S/c1-12-8-17(27-3)13(2)7-15(12)16-11-28-20(22-16)23-19(26)14-5-4-6-24(9-14)10-18(21)25/h7-8,11,14H,4-6,9-10H2,1-3H3,(H2,21,25)(H,22,23,26). The molecule has 2 amide bonds. The van der Waals surface area contributed by atoms with Crippen LogP contribution in [0.5, 0.6) is 5.75 Å². The fraction of sp³-hybridized carbons (Fsp3) is 0.450. The third-order valence-corrected chi connectivity index (χ3v) is 5.77. The van der Waals surface area contributed by atoms with Crippen molar-refractivity contribution in [3.8, 4) is 17.0 Å². The Labute approximate surface area is 168 Å². The van der Waals surface area contributed by atoms with E-state index in [2.05, 4.69) is 16.4 Å². The van der Waals surface area contributed by atoms with Crippen LogP contribution in [0.15, 0.2) is 17.5 Å². The lowest BCUT2D eigenvalue weighted by Crippen LogP contribution is -2.44. The summed E-state index contributed by atoms with van der Waals surface area (Å²) < 4.78 is 5.37. The monoisotopic (exact) mass is 402 g/mol. The second-order valence-electron chi connectivity index (χ2n) is 7.20. The van der Waals surface area contributed by atoms with Crippen molar-refractivity contribution in [2.24, 2.45) is 11.7 Å². The van der Waals surface area contributed by atoms with Crippen molar-refractivity contribution in [2.45, 2.75) is 26.7 Å². The fourth-order valence-electron chi connectivity index (χ4n) is 3.58. The van der Waals surface area contributed by atoms with Gasteiger partial charge in [0.2, 0.25) is 11.8 Å². The van der Waals surface area contributed by atoms with Gasteiger partial charge in [0.15, 0.2) is 5.13 Å². The van der Waals surface area contributed by atoms with E-state index in [0.717, 1.165) is 47.5 Å². The molecule has 1 aromatic carbocycles. The van der Waals surface area contributed by atoms with Gasteiger partial charge in [-0.2, -0.15) is 0 Å². The minimum Gasteiger partial charge on any atom is -0.496 e. The molecule has 3 N–H and O–H groups in total. The summed E-state index contributed by atoms with van der Waals surface area (Å²) in [5, 5.41) is 5.47. The molecule has 1 unspecified atom stereocenters. The first kappa shape index (κ1) is 20.3. The molecule has 8 heteroatoms. The molecule has 1 saturated heterocycles. The van der Waals surface area contributed by atoms with Crippen LogP contribution in [0.3, 0.4) is 0 Å². The molecule has 1 fully saturated rings. The Balaban J connectivity index is 1.68. The van der Waals surface area contributed by atoms with Crippen LogP contribution >= 0.6 is 11.3 Å². The molecule has 0 spiro atoms. The largest absolute Gasteiger partial charge is 0.496 e. The van der Waals surface area contributed by atoms with Gasteiger partial charge in [-0.1, -0.05) is 0 Å². The zero-order valence-corrected chi connectivity index (χ0v) is 17.3. The smallest absolute Gasteiger partial charge is 0.231 e. The molecular weight excluding hydrogens is 376 g/mol. The molecule has 2 aromatic rings. The van der Waals surface area contributed by atoms with E-state index in [9.17, 15) is 9.59 Å². The lowest BCUT2D eigenvalue weighted by Gasteiger charge is -2.30. The van der Waals surface area contributed by atoms with E-state index >= 15 is 0 Å². The van der Waals surface area contributed by atoms with Crippen LogP contribution in [0, 0.1) is 19.8 Å². The maximum absolute atomic E-state index is 12.6. The summed E-state index contributed by atoms with van der Waals surface area (Å²) in [5.41, 5.74) is 9.24. The number of rotatable bonds is 6. The molecule has 1 atom stereocenters. The highest BCUT2D eigenvalue weighted by atomic mass is 32.1. The Morgan fingerprint density at radius 1 is 1.36 bits per heavy atom. The summed E-state index contributed by atoms with van der Waals surface area (Å²) in [4.78, 5) is 30.3. The number of likely N-dealkylation sites (tertiary alicyclic amines) is 1. The molecule has 1 aliphatic heterocycles. The fourth-order valence-corrected chi connectivity index (χ4v) is 4.29. The minimum atomic E-state index is -0.365. The molecule has 28 heavy (non-hydrogen) atoms. The van der Waals surface area contributed by atoms with Gasteiger partial charge in [0, 0.05) is 17.5 Å². The Morgan fingerprint density at radius 3 is 2.86 bits per heavy atom. The van der Waals surface area contributed by atoms with Gasteiger partial charge in [0.05, 0.1) is 25.3 Å². The van der Waals surface area contributed by atoms with Crippen LogP contribution < -0.4 is 15.8 Å². The van der Waals surface area contributed by atoms with Crippen LogP contribution in [0.4, 0.5) is 5.13 Å². The van der Waals surface area contributed by atoms with Crippen molar-refractivity contribution >= 4 is 28.3 Å². The first-order valence-corrected chi connectivity index (χ1v) is 10.2. The van der Waals surface area contributed by atoms with Crippen molar-refractivity contribution in [3.63, 3.8) is 0 Å². The highest BCUT2D eigenvalue weighted by Crippen LogP contribution is 2.32. The lowest BCUT2D eigenvalue weighted by molar-refractivity contribution is -0.124. The third kappa shape index (κ3) is 4.69. The second-order valence-corrected chi connectivity index (χ2v) is 8.06. The van der Waals surface area contributed by atoms with Gasteiger partial charge in [0.25, 0.3) is 0 Å². The third-order valence-electron chi connectivity index (χ3n) is 5.01. The quantitative estimate of drug-likeness (QED) is 0.774. The highest BCUT2D eigenvalue weighted by Gasteiger charge is 2.27. The first-order chi connectivity index (χ1) is 13.4. The summed E-state index contributed by atoms with van der Waals surface area (Å²) >= 11 is 1.41. The summed E-state index contributed by atoms with van der Waals surface area (Å²) in [6, 6.07) is 4.05. The zero-order valence-electron chi connectivity index (χ0n) is 16.4. The van der Waals surface area contributed by atoms with Gasteiger partial charge in [-0.25, -0.2) is 4.98 Å². The van der Waals surface area contributed by atoms with Crippen molar-refractivity contribution in [1.29, 1.82) is 0 Å². The van der Waals surface area contributed by atoms with Crippen molar-refractivity contribution in [1.82, 2.24) is 9.88 Å². The van der Waals surface area contributed by atoms with Crippen molar-refractivity contribution in [3.05, 3.63) is 28.6 Å². The predicted octanol–water partition coefficient (Wildman–Crippen LogP) is 2.57. The number of amides is 2. The number of nitrogens with one attached hydrogen (secondary N) is 1. The second kappa shape index (κ2) is 8.70. The minimum absolute atomic E-state index is 0.0577. The molecule has 0 bridgehead atoms. The number of benzene rings is 1. The number of piperidine rings is 1. The number of aryl methyl sites for hydroxylation is 2. The zero-order chi connectivity index (χ0) is 20.3. The van der Waals surface area contributed by atoms with Crippen molar-refractivity contribution in [2.75, 3.05) is 32.1 Å². The van der Waals surface area contributed by atoms with Gasteiger partial charge in [0.1, 0.15) is 5.75 Å². The van der Waals surface area contributed by atoms with E-state index in [0.29, 0.717) is 11.7 Å². The number of primary amides is 1. The Bertz CT molecular complexity index is 880. The molecule has 7 nitrogen and oxygen atoms in total. The Kier molecular flexibility index (Phi) is 6.31. The van der Waals surface area contributed by atoms with E-state index in [-0.39, 0.29) is 24.3 Å². The van der Waals surface area contributed by atoms with Gasteiger partial charge >= 0.3 is 0 Å². The SMILES string of the molecule is COc1cc(C)c(-c2csc(NC(=O)C3CCCN(CC(N)=O)C3)n2)cc1C. The normalized spacial score (nSPS) is 17.3. The van der Waals surface area contributed by atoms with Crippen LogP contribution in [-0.2, 0) is 9.59 Å². The maximum Gasteiger partial charge on any atom is 0.231 e. The van der Waals surface area contributed by atoms with Crippen LogP contribution in [0.1, 0.15) is 24.0 Å². The lowest BCUT2D eigenvalue weighted by atomic mass is 9.97.